The number of anilines is 1. The Kier molecular flexibility index (Phi) is 5.93. The quantitative estimate of drug-likeness (QED) is 0.856. The van der Waals surface area contributed by atoms with Crippen molar-refractivity contribution in [2.45, 2.75) is 56.8 Å². The van der Waals surface area contributed by atoms with E-state index < -0.39 is 0 Å². The third kappa shape index (κ3) is 4.88. The van der Waals surface area contributed by atoms with Crippen LogP contribution in [0.25, 0.3) is 0 Å². The molecule has 0 aliphatic heterocycles. The van der Waals surface area contributed by atoms with Crippen LogP contribution in [0.5, 0.6) is 6.01 Å². The van der Waals surface area contributed by atoms with E-state index in [2.05, 4.69) is 26.5 Å². The second-order valence-corrected chi connectivity index (χ2v) is 7.29. The topological polar surface area (TPSA) is 59.9 Å². The molecule has 0 saturated heterocycles. The van der Waals surface area contributed by atoms with Crippen LogP contribution in [0.15, 0.2) is 0 Å². The van der Waals surface area contributed by atoms with Crippen molar-refractivity contribution in [2.75, 3.05) is 18.1 Å². The zero-order chi connectivity index (χ0) is 15.3. The minimum absolute atomic E-state index is 0.00667. The molecule has 0 spiro atoms. The van der Waals surface area contributed by atoms with Crippen molar-refractivity contribution in [2.24, 2.45) is 0 Å². The molecular formula is C14H23ClN4OS. The largest absolute Gasteiger partial charge is 0.461 e. The highest BCUT2D eigenvalue weighted by atomic mass is 35.5. The van der Waals surface area contributed by atoms with Gasteiger partial charge < -0.3 is 10.1 Å². The molecule has 2 rings (SSSR count). The van der Waals surface area contributed by atoms with Crippen molar-refractivity contribution in [3.63, 3.8) is 0 Å². The number of aromatic nitrogens is 3. The third-order valence-corrected chi connectivity index (χ3v) is 5.28. The first-order valence-corrected chi connectivity index (χ1v) is 9.00. The van der Waals surface area contributed by atoms with Gasteiger partial charge in [0, 0.05) is 11.3 Å². The van der Waals surface area contributed by atoms with Gasteiger partial charge in [-0.05, 0) is 44.5 Å². The fourth-order valence-electron chi connectivity index (χ4n) is 2.56. The lowest BCUT2D eigenvalue weighted by atomic mass is 9.88. The summed E-state index contributed by atoms with van der Waals surface area (Å²) in [6, 6.07) is 0.273. The molecule has 1 aliphatic rings. The average Bonchev–Trinajstić information content (AvgIpc) is 2.45. The summed E-state index contributed by atoms with van der Waals surface area (Å²) in [5, 5.41) is 3.47. The Balaban J connectivity index is 2.03. The van der Waals surface area contributed by atoms with Gasteiger partial charge >= 0.3 is 6.01 Å². The van der Waals surface area contributed by atoms with Gasteiger partial charge in [0.2, 0.25) is 11.2 Å². The van der Waals surface area contributed by atoms with Crippen LogP contribution in [0, 0.1) is 0 Å². The normalized spacial score (nSPS) is 17.8. The number of hydrogen-bond acceptors (Lipinski definition) is 6. The van der Waals surface area contributed by atoms with E-state index in [1.54, 1.807) is 0 Å². The lowest BCUT2D eigenvalue weighted by Gasteiger charge is -2.35. The van der Waals surface area contributed by atoms with E-state index in [9.17, 15) is 0 Å². The van der Waals surface area contributed by atoms with Gasteiger partial charge in [-0.25, -0.2) is 0 Å². The number of ether oxygens (including phenoxy) is 1. The molecule has 5 nitrogen and oxygen atoms in total. The van der Waals surface area contributed by atoms with Crippen LogP contribution in [0.4, 0.5) is 5.95 Å². The molecule has 0 bridgehead atoms. The van der Waals surface area contributed by atoms with E-state index in [1.807, 2.05) is 25.6 Å². The fraction of sp³-hybridized carbons (Fsp3) is 0.786. The van der Waals surface area contributed by atoms with Crippen LogP contribution >= 0.6 is 23.4 Å². The maximum atomic E-state index is 5.94. The maximum absolute atomic E-state index is 5.94. The van der Waals surface area contributed by atoms with Gasteiger partial charge in [0.1, 0.15) is 0 Å². The van der Waals surface area contributed by atoms with Gasteiger partial charge in [0.25, 0.3) is 0 Å². The predicted molar refractivity (Wildman–Crippen MR) is 88.4 cm³/mol. The Morgan fingerprint density at radius 1 is 1.24 bits per heavy atom. The molecule has 7 heteroatoms. The zero-order valence-electron chi connectivity index (χ0n) is 12.9. The molecular weight excluding hydrogens is 308 g/mol. The highest BCUT2D eigenvalue weighted by Gasteiger charge is 2.31. The van der Waals surface area contributed by atoms with Gasteiger partial charge in [-0.2, -0.15) is 26.7 Å². The summed E-state index contributed by atoms with van der Waals surface area (Å²) in [7, 11) is 0. The summed E-state index contributed by atoms with van der Waals surface area (Å²) in [6.07, 6.45) is 8.58. The summed E-state index contributed by atoms with van der Waals surface area (Å²) < 4.78 is 5.76. The highest BCUT2D eigenvalue weighted by molar-refractivity contribution is 8.00. The lowest BCUT2D eigenvalue weighted by molar-refractivity contribution is 0.222. The van der Waals surface area contributed by atoms with E-state index >= 15 is 0 Å². The Morgan fingerprint density at radius 3 is 2.57 bits per heavy atom. The van der Waals surface area contributed by atoms with Crippen LogP contribution in [0.2, 0.25) is 5.28 Å². The van der Waals surface area contributed by atoms with Gasteiger partial charge in [-0.15, -0.1) is 0 Å². The van der Waals surface area contributed by atoms with E-state index in [4.69, 9.17) is 16.3 Å². The van der Waals surface area contributed by atoms with Gasteiger partial charge in [0.15, 0.2) is 0 Å². The predicted octanol–water partition coefficient (Wildman–Crippen LogP) is 3.79. The third-order valence-electron chi connectivity index (χ3n) is 3.70. The first-order chi connectivity index (χ1) is 10.0. The van der Waals surface area contributed by atoms with Crippen LogP contribution in [0.3, 0.4) is 0 Å². The van der Waals surface area contributed by atoms with Crippen LogP contribution in [-0.4, -0.2) is 38.6 Å². The van der Waals surface area contributed by atoms with E-state index in [0.29, 0.717) is 5.95 Å². The molecule has 118 valence electrons. The summed E-state index contributed by atoms with van der Waals surface area (Å²) in [4.78, 5) is 12.4. The Labute approximate surface area is 135 Å². The minimum atomic E-state index is 0.00667. The van der Waals surface area contributed by atoms with Crippen molar-refractivity contribution in [1.29, 1.82) is 0 Å². The molecule has 0 atom stereocenters. The molecule has 0 amide bonds. The number of hydrogen-bond donors (Lipinski definition) is 1. The second-order valence-electron chi connectivity index (χ2n) is 5.68. The first kappa shape index (κ1) is 16.6. The molecule has 0 radical (unpaired) electrons. The average molecular weight is 331 g/mol. The molecule has 1 fully saturated rings. The second kappa shape index (κ2) is 7.49. The lowest BCUT2D eigenvalue weighted by Crippen LogP contribution is -2.36. The minimum Gasteiger partial charge on any atom is -0.461 e. The van der Waals surface area contributed by atoms with Crippen LogP contribution < -0.4 is 10.1 Å². The molecule has 0 unspecified atom stereocenters. The number of halogens is 1. The number of nitrogens with one attached hydrogen (secondary N) is 1. The fourth-order valence-corrected chi connectivity index (χ4v) is 3.63. The van der Waals surface area contributed by atoms with Gasteiger partial charge in [-0.1, -0.05) is 19.3 Å². The summed E-state index contributed by atoms with van der Waals surface area (Å²) in [5.74, 6) is 0.490. The van der Waals surface area contributed by atoms with Crippen molar-refractivity contribution in [3.05, 3.63) is 5.28 Å². The summed E-state index contributed by atoms with van der Waals surface area (Å²) in [6.45, 7) is 4.70. The zero-order valence-corrected chi connectivity index (χ0v) is 14.4. The molecule has 1 aliphatic carbocycles. The standard InChI is InChI=1S/C14H23ClN4OS/c1-10(2)20-13-18-11(15)17-12(19-13)16-9-14(21-3)7-5-4-6-8-14/h10H,4-9H2,1-3H3,(H,16,17,18,19). The number of thioether (sulfide) groups is 1. The van der Waals surface area contributed by atoms with Crippen molar-refractivity contribution in [1.82, 2.24) is 15.0 Å². The molecule has 1 N–H and O–H groups in total. The van der Waals surface area contributed by atoms with Gasteiger partial charge in [-0.3, -0.25) is 0 Å². The molecule has 21 heavy (non-hydrogen) atoms. The molecule has 1 aromatic heterocycles. The summed E-state index contributed by atoms with van der Waals surface area (Å²) in [5.41, 5.74) is 0. The Bertz CT molecular complexity index is 466. The Hall–Kier alpha value is -0.750. The van der Waals surface area contributed by atoms with Crippen LogP contribution in [0.1, 0.15) is 46.0 Å². The monoisotopic (exact) mass is 330 g/mol. The molecule has 0 aromatic carbocycles. The van der Waals surface area contributed by atoms with E-state index in [0.717, 1.165) is 6.54 Å². The van der Waals surface area contributed by atoms with Crippen molar-refractivity contribution < 1.29 is 4.74 Å². The van der Waals surface area contributed by atoms with Crippen LogP contribution in [-0.2, 0) is 0 Å². The highest BCUT2D eigenvalue weighted by Crippen LogP contribution is 2.38. The molecule has 1 heterocycles. The summed E-state index contributed by atoms with van der Waals surface area (Å²) >= 11 is 7.87. The molecule has 1 aromatic rings. The number of nitrogens with zero attached hydrogens (tertiary/aromatic N) is 3. The number of rotatable bonds is 6. The maximum Gasteiger partial charge on any atom is 0.322 e. The Morgan fingerprint density at radius 2 is 1.95 bits per heavy atom. The van der Waals surface area contributed by atoms with Crippen molar-refractivity contribution in [3.8, 4) is 6.01 Å². The van der Waals surface area contributed by atoms with Gasteiger partial charge in [0.05, 0.1) is 6.10 Å². The smallest absolute Gasteiger partial charge is 0.322 e. The van der Waals surface area contributed by atoms with E-state index in [1.165, 1.54) is 32.1 Å². The van der Waals surface area contributed by atoms with E-state index in [-0.39, 0.29) is 22.1 Å². The SMILES string of the molecule is CSC1(CNc2nc(Cl)nc(OC(C)C)n2)CCCCC1. The molecule has 1 saturated carbocycles. The first-order valence-electron chi connectivity index (χ1n) is 7.40. The van der Waals surface area contributed by atoms with Crippen molar-refractivity contribution >= 4 is 29.3 Å².